The number of nitrogens with zero attached hydrogens (tertiary/aromatic N) is 1. The second-order valence-electron chi connectivity index (χ2n) is 10.2. The molecule has 2 heterocycles. The van der Waals surface area contributed by atoms with Gasteiger partial charge in [-0.15, -0.1) is 0 Å². The molecular weight excluding hydrogens is 490 g/mol. The predicted octanol–water partition coefficient (Wildman–Crippen LogP) is 5.84. The summed E-state index contributed by atoms with van der Waals surface area (Å²) in [5.74, 6) is 0.0244. The first-order valence-electron chi connectivity index (χ1n) is 14.2. The van der Waals surface area contributed by atoms with Gasteiger partial charge in [-0.05, 0) is 75.8 Å². The van der Waals surface area contributed by atoms with Crippen LogP contribution in [0.5, 0.6) is 0 Å². The lowest BCUT2D eigenvalue weighted by molar-refractivity contribution is -0.144. The van der Waals surface area contributed by atoms with Crippen LogP contribution in [0.3, 0.4) is 0 Å². The highest BCUT2D eigenvalue weighted by Gasteiger charge is 2.24. The Labute approximate surface area is 231 Å². The molecule has 7 heteroatoms. The number of carbonyl (C=O) groups is 2. The van der Waals surface area contributed by atoms with Crippen molar-refractivity contribution in [1.29, 1.82) is 0 Å². The van der Waals surface area contributed by atoms with Gasteiger partial charge < -0.3 is 24.7 Å². The van der Waals surface area contributed by atoms with Gasteiger partial charge in [0.2, 0.25) is 0 Å². The van der Waals surface area contributed by atoms with Gasteiger partial charge in [-0.3, -0.25) is 4.79 Å². The van der Waals surface area contributed by atoms with Crippen molar-refractivity contribution in [2.75, 3.05) is 31.6 Å². The third kappa shape index (κ3) is 7.73. The number of para-hydroxylation sites is 1. The molecule has 4 rings (SSSR count). The van der Waals surface area contributed by atoms with E-state index in [1.165, 1.54) is 11.1 Å². The highest BCUT2D eigenvalue weighted by molar-refractivity contribution is 5.98. The van der Waals surface area contributed by atoms with E-state index in [0.717, 1.165) is 62.1 Å². The number of furan rings is 1. The third-order valence-electron chi connectivity index (χ3n) is 7.40. The summed E-state index contributed by atoms with van der Waals surface area (Å²) in [6.45, 7) is 9.16. The quantitative estimate of drug-likeness (QED) is 0.286. The number of ether oxygens (including phenoxy) is 1. The van der Waals surface area contributed by atoms with Crippen LogP contribution in [0.2, 0.25) is 0 Å². The van der Waals surface area contributed by atoms with E-state index >= 15 is 0 Å². The molecule has 1 saturated heterocycles. The number of amides is 1. The summed E-state index contributed by atoms with van der Waals surface area (Å²) in [6.07, 6.45) is 6.05. The van der Waals surface area contributed by atoms with Crippen LogP contribution < -0.4 is 10.6 Å². The van der Waals surface area contributed by atoms with Crippen molar-refractivity contribution in [3.63, 3.8) is 0 Å². The molecule has 208 valence electrons. The van der Waals surface area contributed by atoms with Crippen LogP contribution in [0.15, 0.2) is 65.3 Å². The molecule has 2 aromatic carbocycles. The summed E-state index contributed by atoms with van der Waals surface area (Å²) in [7, 11) is 0. The molecule has 0 spiro atoms. The van der Waals surface area contributed by atoms with Gasteiger partial charge in [0, 0.05) is 30.4 Å². The minimum absolute atomic E-state index is 0.142. The molecular formula is C32H41N3O4. The summed E-state index contributed by atoms with van der Waals surface area (Å²) in [5.41, 5.74) is 5.21. The number of aryl methyl sites for hydroxylation is 2. The van der Waals surface area contributed by atoms with Crippen molar-refractivity contribution in [2.24, 2.45) is 0 Å². The number of rotatable bonds is 12. The van der Waals surface area contributed by atoms with Crippen LogP contribution in [0.25, 0.3) is 11.1 Å². The molecule has 1 aliphatic rings. The molecule has 1 aromatic heterocycles. The fourth-order valence-electron chi connectivity index (χ4n) is 5.13. The minimum Gasteiger partial charge on any atom is -0.464 e. The van der Waals surface area contributed by atoms with Crippen LogP contribution in [-0.2, 0) is 16.0 Å². The molecule has 3 aromatic rings. The van der Waals surface area contributed by atoms with Gasteiger partial charge in [0.1, 0.15) is 6.04 Å². The number of carbonyl (C=O) groups excluding carboxylic acids is 2. The second-order valence-corrected chi connectivity index (χ2v) is 10.2. The van der Waals surface area contributed by atoms with E-state index in [1.54, 1.807) is 6.26 Å². The van der Waals surface area contributed by atoms with Crippen molar-refractivity contribution in [2.45, 2.75) is 65.0 Å². The van der Waals surface area contributed by atoms with Crippen LogP contribution in [-0.4, -0.2) is 55.1 Å². The van der Waals surface area contributed by atoms with Crippen molar-refractivity contribution in [3.8, 4) is 11.1 Å². The zero-order valence-electron chi connectivity index (χ0n) is 23.4. The van der Waals surface area contributed by atoms with E-state index in [9.17, 15) is 9.59 Å². The summed E-state index contributed by atoms with van der Waals surface area (Å²) in [6, 6.07) is 18.0. The maximum atomic E-state index is 13.0. The van der Waals surface area contributed by atoms with Gasteiger partial charge in [0.05, 0.1) is 12.9 Å². The minimum atomic E-state index is -0.338. The third-order valence-corrected chi connectivity index (χ3v) is 7.40. The van der Waals surface area contributed by atoms with Crippen LogP contribution in [0.4, 0.5) is 5.69 Å². The summed E-state index contributed by atoms with van der Waals surface area (Å²) < 4.78 is 10.8. The number of esters is 1. The van der Waals surface area contributed by atoms with Crippen molar-refractivity contribution < 1.29 is 18.7 Å². The number of benzene rings is 2. The first kappa shape index (κ1) is 28.4. The topological polar surface area (TPSA) is 83.8 Å². The van der Waals surface area contributed by atoms with Crippen LogP contribution in [0, 0.1) is 6.92 Å². The van der Waals surface area contributed by atoms with Crippen molar-refractivity contribution in [3.05, 3.63) is 77.7 Å². The Kier molecular flexibility index (Phi) is 10.2. The van der Waals surface area contributed by atoms with Crippen LogP contribution in [0.1, 0.15) is 61.2 Å². The summed E-state index contributed by atoms with van der Waals surface area (Å²) in [4.78, 5) is 27.7. The first-order valence-corrected chi connectivity index (χ1v) is 14.2. The van der Waals surface area contributed by atoms with E-state index in [4.69, 9.17) is 9.15 Å². The predicted molar refractivity (Wildman–Crippen MR) is 155 cm³/mol. The second kappa shape index (κ2) is 14.0. The lowest BCUT2D eigenvalue weighted by Gasteiger charge is -2.32. The highest BCUT2D eigenvalue weighted by atomic mass is 16.5. The Morgan fingerprint density at radius 3 is 2.51 bits per heavy atom. The normalized spacial score (nSPS) is 15.1. The average Bonchev–Trinajstić information content (AvgIpc) is 3.44. The Hall–Kier alpha value is -3.58. The molecule has 1 fully saturated rings. The van der Waals surface area contributed by atoms with E-state index in [0.29, 0.717) is 18.8 Å². The van der Waals surface area contributed by atoms with Crippen molar-refractivity contribution >= 4 is 17.6 Å². The largest absolute Gasteiger partial charge is 0.464 e. The van der Waals surface area contributed by atoms with Gasteiger partial charge in [-0.25, -0.2) is 4.79 Å². The first-order chi connectivity index (χ1) is 19.0. The summed E-state index contributed by atoms with van der Waals surface area (Å²) >= 11 is 0. The molecule has 1 aliphatic heterocycles. The maximum absolute atomic E-state index is 13.0. The Bertz CT molecular complexity index is 1210. The molecule has 1 unspecified atom stereocenters. The molecule has 1 amide bonds. The fourth-order valence-corrected chi connectivity index (χ4v) is 5.13. The SMILES string of the molecule is CCOC(=O)C(CC)Nc1ccccc1CCCN1CCC(NC(=O)c2occc2-c2ccc(C)cc2)CC1. The lowest BCUT2D eigenvalue weighted by atomic mass is 10.0. The molecule has 0 bridgehead atoms. The van der Waals surface area contributed by atoms with Gasteiger partial charge in [0.25, 0.3) is 5.91 Å². The molecule has 39 heavy (non-hydrogen) atoms. The smallest absolute Gasteiger partial charge is 0.328 e. The van der Waals surface area contributed by atoms with Crippen LogP contribution >= 0.6 is 0 Å². The van der Waals surface area contributed by atoms with Gasteiger partial charge in [-0.2, -0.15) is 0 Å². The van der Waals surface area contributed by atoms with E-state index in [1.807, 2.05) is 69.3 Å². The van der Waals surface area contributed by atoms with E-state index in [-0.39, 0.29) is 24.0 Å². The summed E-state index contributed by atoms with van der Waals surface area (Å²) in [5, 5.41) is 6.58. The molecule has 2 N–H and O–H groups in total. The Morgan fingerprint density at radius 1 is 1.05 bits per heavy atom. The van der Waals surface area contributed by atoms with Gasteiger partial charge in [-0.1, -0.05) is 55.0 Å². The average molecular weight is 532 g/mol. The molecule has 1 atom stereocenters. The lowest BCUT2D eigenvalue weighted by Crippen LogP contribution is -2.44. The number of piperidine rings is 1. The number of likely N-dealkylation sites (tertiary alicyclic amines) is 1. The van der Waals surface area contributed by atoms with Gasteiger partial charge in [0.15, 0.2) is 5.76 Å². The fraction of sp³-hybridized carbons (Fsp3) is 0.438. The van der Waals surface area contributed by atoms with E-state index < -0.39 is 0 Å². The number of anilines is 1. The number of nitrogens with one attached hydrogen (secondary N) is 2. The zero-order chi connectivity index (χ0) is 27.6. The molecule has 0 aliphatic carbocycles. The zero-order valence-corrected chi connectivity index (χ0v) is 23.4. The van der Waals surface area contributed by atoms with E-state index in [2.05, 4.69) is 21.6 Å². The maximum Gasteiger partial charge on any atom is 0.328 e. The van der Waals surface area contributed by atoms with Crippen molar-refractivity contribution in [1.82, 2.24) is 10.2 Å². The molecule has 7 nitrogen and oxygen atoms in total. The Morgan fingerprint density at radius 2 is 1.79 bits per heavy atom. The molecule has 0 saturated carbocycles. The molecule has 0 radical (unpaired) electrons. The van der Waals surface area contributed by atoms with Gasteiger partial charge >= 0.3 is 5.97 Å². The monoisotopic (exact) mass is 531 g/mol. The standard InChI is InChI=1S/C32H41N3O4/c1-4-28(32(37)38-5-2)34-29-11-7-6-9-25(29)10-8-19-35-20-16-26(17-21-35)33-31(36)30-27(18-22-39-30)24-14-12-23(3)13-15-24/h6-7,9,11-15,18,22,26,28,34H,4-5,8,10,16-17,19-21H2,1-3H3,(H,33,36). The Balaban J connectivity index is 1.23. The number of hydrogen-bond donors (Lipinski definition) is 2. The highest BCUT2D eigenvalue weighted by Crippen LogP contribution is 2.26. The number of hydrogen-bond acceptors (Lipinski definition) is 6.